The van der Waals surface area contributed by atoms with E-state index in [1.165, 1.54) is 12.1 Å². The molecule has 1 unspecified atom stereocenters. The number of hydrogen-bond acceptors (Lipinski definition) is 4. The van der Waals surface area contributed by atoms with Crippen LogP contribution in [0.1, 0.15) is 18.7 Å². The lowest BCUT2D eigenvalue weighted by atomic mass is 10.1. The maximum Gasteiger partial charge on any atom is 0.168 e. The van der Waals surface area contributed by atoms with E-state index >= 15 is 0 Å². The molecule has 6 heteroatoms. The monoisotopic (exact) mass is 324 g/mol. The molecule has 1 aromatic heterocycles. The molecule has 1 atom stereocenters. The topological polar surface area (TPSA) is 52.0 Å². The summed E-state index contributed by atoms with van der Waals surface area (Å²) < 4.78 is 21.0. The minimum atomic E-state index is -0.292. The molecule has 3 aromatic rings. The Morgan fingerprint density at radius 1 is 1.21 bits per heavy atom. The second kappa shape index (κ2) is 5.63. The highest BCUT2D eigenvalue weighted by Crippen LogP contribution is 2.35. The van der Waals surface area contributed by atoms with Crippen molar-refractivity contribution in [2.24, 2.45) is 0 Å². The van der Waals surface area contributed by atoms with Gasteiger partial charge >= 0.3 is 0 Å². The minimum Gasteiger partial charge on any atom is -0.497 e. The van der Waals surface area contributed by atoms with Crippen molar-refractivity contribution in [3.8, 4) is 22.8 Å². The van der Waals surface area contributed by atoms with Crippen LogP contribution in [0.4, 0.5) is 10.1 Å². The van der Waals surface area contributed by atoms with Crippen molar-refractivity contribution in [2.45, 2.75) is 12.8 Å². The van der Waals surface area contributed by atoms with Gasteiger partial charge in [-0.2, -0.15) is 0 Å². The predicted octanol–water partition coefficient (Wildman–Crippen LogP) is 3.61. The van der Waals surface area contributed by atoms with Crippen molar-refractivity contribution in [3.63, 3.8) is 0 Å². The Labute approximate surface area is 139 Å². The van der Waals surface area contributed by atoms with Gasteiger partial charge in [0.1, 0.15) is 17.4 Å². The zero-order valence-corrected chi connectivity index (χ0v) is 13.5. The van der Waals surface area contributed by atoms with Gasteiger partial charge in [-0.1, -0.05) is 19.1 Å². The highest BCUT2D eigenvalue weighted by atomic mass is 19.1. The summed E-state index contributed by atoms with van der Waals surface area (Å²) in [4.78, 5) is 0. The normalized spacial score (nSPS) is 15.9. The summed E-state index contributed by atoms with van der Waals surface area (Å²) in [7, 11) is 1.64. The number of nitrogens with one attached hydrogen (secondary N) is 1. The molecule has 0 radical (unpaired) electrons. The zero-order valence-electron chi connectivity index (χ0n) is 13.5. The van der Waals surface area contributed by atoms with Gasteiger partial charge in [0.05, 0.1) is 18.5 Å². The van der Waals surface area contributed by atoms with E-state index in [4.69, 9.17) is 4.74 Å². The molecule has 0 saturated carbocycles. The number of ether oxygens (including phenoxy) is 1. The van der Waals surface area contributed by atoms with Crippen molar-refractivity contribution >= 4 is 5.69 Å². The molecule has 0 bridgehead atoms. The number of anilines is 1. The number of rotatable bonds is 2. The number of aromatic nitrogens is 3. The van der Waals surface area contributed by atoms with Crippen LogP contribution < -0.4 is 10.1 Å². The average Bonchev–Trinajstić information content (AvgIpc) is 2.99. The van der Waals surface area contributed by atoms with Crippen molar-refractivity contribution in [1.82, 2.24) is 14.8 Å². The quantitative estimate of drug-likeness (QED) is 0.782. The van der Waals surface area contributed by atoms with Crippen LogP contribution in [-0.2, 0) is 0 Å². The van der Waals surface area contributed by atoms with Crippen LogP contribution in [0.2, 0.25) is 0 Å². The van der Waals surface area contributed by atoms with E-state index in [1.807, 2.05) is 28.8 Å². The first kappa shape index (κ1) is 14.7. The summed E-state index contributed by atoms with van der Waals surface area (Å²) in [5.41, 5.74) is 2.57. The smallest absolute Gasteiger partial charge is 0.168 e. The molecular formula is C18H17FN4O. The van der Waals surface area contributed by atoms with Crippen LogP contribution in [-0.4, -0.2) is 28.4 Å². The molecular weight excluding hydrogens is 307 g/mol. The van der Waals surface area contributed by atoms with Crippen LogP contribution in [0.15, 0.2) is 42.5 Å². The third-order valence-electron chi connectivity index (χ3n) is 4.25. The third kappa shape index (κ3) is 2.31. The van der Waals surface area contributed by atoms with Crippen molar-refractivity contribution in [2.75, 3.05) is 19.0 Å². The summed E-state index contributed by atoms with van der Waals surface area (Å²) in [5.74, 6) is 2.13. The number of fused-ring (bicyclic) bond motifs is 3. The average molecular weight is 324 g/mol. The molecule has 0 fully saturated rings. The van der Waals surface area contributed by atoms with Gasteiger partial charge < -0.3 is 10.1 Å². The van der Waals surface area contributed by atoms with Gasteiger partial charge in [0, 0.05) is 24.1 Å². The third-order valence-corrected chi connectivity index (χ3v) is 4.25. The molecule has 2 heterocycles. The van der Waals surface area contributed by atoms with Crippen LogP contribution in [0.5, 0.6) is 5.75 Å². The molecule has 122 valence electrons. The Hall–Kier alpha value is -2.89. The van der Waals surface area contributed by atoms with Gasteiger partial charge in [0.25, 0.3) is 0 Å². The fourth-order valence-corrected chi connectivity index (χ4v) is 3.00. The summed E-state index contributed by atoms with van der Waals surface area (Å²) in [6.45, 7) is 2.83. The maximum atomic E-state index is 13.7. The van der Waals surface area contributed by atoms with Crippen LogP contribution >= 0.6 is 0 Å². The molecule has 0 aliphatic carbocycles. The maximum absolute atomic E-state index is 13.7. The Bertz CT molecular complexity index is 906. The second-order valence-corrected chi connectivity index (χ2v) is 5.89. The molecule has 1 N–H and O–H groups in total. The molecule has 2 aromatic carbocycles. The van der Waals surface area contributed by atoms with Crippen molar-refractivity contribution in [1.29, 1.82) is 0 Å². The van der Waals surface area contributed by atoms with Crippen molar-refractivity contribution < 1.29 is 9.13 Å². The molecule has 1 aliphatic heterocycles. The largest absolute Gasteiger partial charge is 0.497 e. The van der Waals surface area contributed by atoms with E-state index in [0.29, 0.717) is 11.4 Å². The van der Waals surface area contributed by atoms with Gasteiger partial charge in [0.15, 0.2) is 5.82 Å². The van der Waals surface area contributed by atoms with E-state index in [2.05, 4.69) is 22.4 Å². The summed E-state index contributed by atoms with van der Waals surface area (Å²) in [5, 5.41) is 12.1. The van der Waals surface area contributed by atoms with Crippen LogP contribution in [0.25, 0.3) is 17.1 Å². The van der Waals surface area contributed by atoms with Gasteiger partial charge in [0.2, 0.25) is 0 Å². The van der Waals surface area contributed by atoms with Gasteiger partial charge in [-0.15, -0.1) is 10.2 Å². The molecule has 4 rings (SSSR count). The van der Waals surface area contributed by atoms with E-state index in [0.717, 1.165) is 29.5 Å². The van der Waals surface area contributed by atoms with Crippen molar-refractivity contribution in [3.05, 3.63) is 54.1 Å². The summed E-state index contributed by atoms with van der Waals surface area (Å²) >= 11 is 0. The van der Waals surface area contributed by atoms with E-state index in [1.54, 1.807) is 13.2 Å². The number of nitrogens with zero attached hydrogens (tertiary/aromatic N) is 3. The first-order chi connectivity index (χ1) is 11.7. The molecule has 5 nitrogen and oxygen atoms in total. The van der Waals surface area contributed by atoms with Crippen LogP contribution in [0, 0.1) is 5.82 Å². The van der Waals surface area contributed by atoms with Crippen LogP contribution in [0.3, 0.4) is 0 Å². The Morgan fingerprint density at radius 3 is 2.88 bits per heavy atom. The lowest BCUT2D eigenvalue weighted by Gasteiger charge is -2.13. The Balaban J connectivity index is 1.96. The molecule has 0 amide bonds. The fourth-order valence-electron chi connectivity index (χ4n) is 3.00. The lowest BCUT2D eigenvalue weighted by Crippen LogP contribution is -2.09. The van der Waals surface area contributed by atoms with Gasteiger partial charge in [-0.25, -0.2) is 4.39 Å². The number of benzene rings is 2. The standard InChI is InChI=1S/C18H17FN4O/c1-11-10-20-15-9-14(24-2)6-7-16(15)23-17(11)21-22-18(23)12-4-3-5-13(19)8-12/h3-9,11,20H,10H2,1-2H3. The van der Waals surface area contributed by atoms with Gasteiger partial charge in [-0.3, -0.25) is 4.57 Å². The molecule has 24 heavy (non-hydrogen) atoms. The first-order valence-electron chi connectivity index (χ1n) is 7.81. The SMILES string of the molecule is COc1ccc2c(c1)NCC(C)c1nnc(-c3cccc(F)c3)n1-2. The highest BCUT2D eigenvalue weighted by Gasteiger charge is 2.25. The van der Waals surface area contributed by atoms with E-state index < -0.39 is 0 Å². The minimum absolute atomic E-state index is 0.165. The first-order valence-corrected chi connectivity index (χ1v) is 7.81. The number of methoxy groups -OCH3 is 1. The predicted molar refractivity (Wildman–Crippen MR) is 90.2 cm³/mol. The summed E-state index contributed by atoms with van der Waals surface area (Å²) in [6.07, 6.45) is 0. The van der Waals surface area contributed by atoms with E-state index in [9.17, 15) is 4.39 Å². The second-order valence-electron chi connectivity index (χ2n) is 5.89. The van der Waals surface area contributed by atoms with Gasteiger partial charge in [-0.05, 0) is 24.3 Å². The summed E-state index contributed by atoms with van der Waals surface area (Å²) in [6, 6.07) is 12.2. The zero-order chi connectivity index (χ0) is 16.7. The fraction of sp³-hybridized carbons (Fsp3) is 0.222. The Kier molecular flexibility index (Phi) is 3.45. The molecule has 1 aliphatic rings. The lowest BCUT2D eigenvalue weighted by molar-refractivity contribution is 0.415. The number of halogens is 1. The highest BCUT2D eigenvalue weighted by molar-refractivity contribution is 5.69. The molecule has 0 spiro atoms. The molecule has 0 saturated heterocycles. The van der Waals surface area contributed by atoms with E-state index in [-0.39, 0.29) is 11.7 Å². The number of hydrogen-bond donors (Lipinski definition) is 1. The Morgan fingerprint density at radius 2 is 2.08 bits per heavy atom.